The van der Waals surface area contributed by atoms with Crippen LogP contribution in [0, 0.1) is 25.7 Å². The maximum atomic E-state index is 13.1. The van der Waals surface area contributed by atoms with Crippen molar-refractivity contribution in [2.45, 2.75) is 32.2 Å². The van der Waals surface area contributed by atoms with E-state index in [1.807, 2.05) is 4.57 Å². The number of fused-ring (bicyclic) bond motifs is 2. The molecule has 0 radical (unpaired) electrons. The first kappa shape index (κ1) is 18.5. The zero-order chi connectivity index (χ0) is 20.3. The van der Waals surface area contributed by atoms with E-state index in [2.05, 4.69) is 31.9 Å². The van der Waals surface area contributed by atoms with Crippen molar-refractivity contribution in [3.05, 3.63) is 24.1 Å². The number of hydrogen-bond acceptors (Lipinski definition) is 8. The van der Waals surface area contributed by atoms with Gasteiger partial charge in [-0.2, -0.15) is 4.31 Å². The van der Waals surface area contributed by atoms with Crippen molar-refractivity contribution in [1.82, 2.24) is 29.0 Å². The predicted octanol–water partition coefficient (Wildman–Crippen LogP) is 1.21. The Morgan fingerprint density at radius 2 is 1.83 bits per heavy atom. The SMILES string of the molecule is CCn1cnc2c(N3CC4CN(S(=O)(=O)c5c(C)noc5C)CC4C3)ncnc21. The third kappa shape index (κ3) is 2.75. The summed E-state index contributed by atoms with van der Waals surface area (Å²) in [4.78, 5) is 15.8. The third-order valence-electron chi connectivity index (χ3n) is 6.04. The van der Waals surface area contributed by atoms with E-state index in [4.69, 9.17) is 4.52 Å². The van der Waals surface area contributed by atoms with Gasteiger partial charge >= 0.3 is 0 Å². The molecule has 5 heterocycles. The van der Waals surface area contributed by atoms with Gasteiger partial charge in [0.1, 0.15) is 16.9 Å². The van der Waals surface area contributed by atoms with Crippen LogP contribution in [0.5, 0.6) is 0 Å². The highest BCUT2D eigenvalue weighted by Gasteiger charge is 2.46. The Bertz CT molecular complexity index is 1150. The molecule has 3 aromatic rings. The standard InChI is InChI=1S/C18H23N7O3S/c1-4-23-10-21-15-17(23)19-9-20-18(15)24-5-13-7-25(8-14(13)6-24)29(26,27)16-11(2)22-28-12(16)3/h9-10,13-14H,4-8H2,1-3H3. The minimum atomic E-state index is -3.60. The molecule has 0 aliphatic carbocycles. The lowest BCUT2D eigenvalue weighted by molar-refractivity contribution is 0.389. The molecule has 0 N–H and O–H groups in total. The normalized spacial score (nSPS) is 22.7. The van der Waals surface area contributed by atoms with Crippen LogP contribution in [0.15, 0.2) is 22.1 Å². The van der Waals surface area contributed by atoms with E-state index in [9.17, 15) is 8.42 Å². The first-order valence-corrected chi connectivity index (χ1v) is 11.2. The van der Waals surface area contributed by atoms with Gasteiger partial charge in [0.25, 0.3) is 0 Å². The van der Waals surface area contributed by atoms with Crippen molar-refractivity contribution in [2.75, 3.05) is 31.1 Å². The largest absolute Gasteiger partial charge is 0.360 e. The summed E-state index contributed by atoms with van der Waals surface area (Å²) in [5.74, 6) is 1.68. The number of nitrogens with zero attached hydrogens (tertiary/aromatic N) is 7. The highest BCUT2D eigenvalue weighted by Crippen LogP contribution is 2.38. The van der Waals surface area contributed by atoms with Gasteiger partial charge in [0.2, 0.25) is 10.0 Å². The van der Waals surface area contributed by atoms with Gasteiger partial charge in [-0.1, -0.05) is 5.16 Å². The van der Waals surface area contributed by atoms with Crippen LogP contribution in [0.3, 0.4) is 0 Å². The number of aromatic nitrogens is 5. The van der Waals surface area contributed by atoms with Crippen molar-refractivity contribution >= 4 is 27.0 Å². The lowest BCUT2D eigenvalue weighted by Crippen LogP contribution is -2.34. The van der Waals surface area contributed by atoms with E-state index >= 15 is 0 Å². The van der Waals surface area contributed by atoms with Crippen LogP contribution in [0.1, 0.15) is 18.4 Å². The van der Waals surface area contributed by atoms with Crippen LogP contribution in [0.2, 0.25) is 0 Å². The van der Waals surface area contributed by atoms with Crippen LogP contribution in [-0.2, 0) is 16.6 Å². The lowest BCUT2D eigenvalue weighted by atomic mass is 10.0. The molecule has 2 saturated heterocycles. The second kappa shape index (κ2) is 6.49. The zero-order valence-corrected chi connectivity index (χ0v) is 17.4. The maximum absolute atomic E-state index is 13.1. The minimum absolute atomic E-state index is 0.206. The Morgan fingerprint density at radius 1 is 1.10 bits per heavy atom. The zero-order valence-electron chi connectivity index (χ0n) is 16.6. The van der Waals surface area contributed by atoms with E-state index in [0.29, 0.717) is 24.5 Å². The van der Waals surface area contributed by atoms with Gasteiger partial charge in [-0.05, 0) is 32.6 Å². The van der Waals surface area contributed by atoms with Gasteiger partial charge in [-0.15, -0.1) is 0 Å². The fourth-order valence-electron chi connectivity index (χ4n) is 4.62. The van der Waals surface area contributed by atoms with Crippen LogP contribution >= 0.6 is 0 Å². The fourth-order valence-corrected chi connectivity index (χ4v) is 6.47. The first-order chi connectivity index (χ1) is 13.9. The van der Waals surface area contributed by atoms with E-state index in [-0.39, 0.29) is 16.7 Å². The molecular formula is C18H23N7O3S. The molecule has 2 atom stereocenters. The molecule has 0 amide bonds. The molecule has 2 unspecified atom stereocenters. The lowest BCUT2D eigenvalue weighted by Gasteiger charge is -2.22. The van der Waals surface area contributed by atoms with Gasteiger partial charge in [-0.25, -0.2) is 23.4 Å². The highest BCUT2D eigenvalue weighted by atomic mass is 32.2. The smallest absolute Gasteiger partial charge is 0.248 e. The van der Waals surface area contributed by atoms with E-state index in [1.165, 1.54) is 0 Å². The van der Waals surface area contributed by atoms with Crippen LogP contribution in [0.25, 0.3) is 11.2 Å². The second-order valence-corrected chi connectivity index (χ2v) is 9.68. The molecule has 11 heteroatoms. The summed E-state index contributed by atoms with van der Waals surface area (Å²) in [6.45, 7) is 8.64. The van der Waals surface area contributed by atoms with Crippen LogP contribution < -0.4 is 4.90 Å². The van der Waals surface area contributed by atoms with E-state index in [0.717, 1.165) is 36.6 Å². The molecule has 2 fully saturated rings. The molecule has 5 rings (SSSR count). The van der Waals surface area contributed by atoms with Crippen molar-refractivity contribution in [1.29, 1.82) is 0 Å². The Labute approximate surface area is 168 Å². The molecule has 10 nitrogen and oxygen atoms in total. The minimum Gasteiger partial charge on any atom is -0.360 e. The molecule has 0 aromatic carbocycles. The van der Waals surface area contributed by atoms with Crippen molar-refractivity contribution in [2.24, 2.45) is 11.8 Å². The van der Waals surface area contributed by atoms with Crippen molar-refractivity contribution < 1.29 is 12.9 Å². The number of rotatable bonds is 4. The molecular weight excluding hydrogens is 394 g/mol. The summed E-state index contributed by atoms with van der Waals surface area (Å²) >= 11 is 0. The quantitative estimate of drug-likeness (QED) is 0.623. The average molecular weight is 417 g/mol. The Balaban J connectivity index is 1.38. The highest BCUT2D eigenvalue weighted by molar-refractivity contribution is 7.89. The molecule has 0 spiro atoms. The summed E-state index contributed by atoms with van der Waals surface area (Å²) in [7, 11) is -3.60. The number of imidazole rings is 1. The fraction of sp³-hybridized carbons (Fsp3) is 0.556. The monoisotopic (exact) mass is 417 g/mol. The van der Waals surface area contributed by atoms with Crippen LogP contribution in [-0.4, -0.2) is 63.6 Å². The van der Waals surface area contributed by atoms with Gasteiger partial charge < -0.3 is 14.0 Å². The molecule has 2 aliphatic rings. The number of hydrogen-bond donors (Lipinski definition) is 0. The Kier molecular flexibility index (Phi) is 4.14. The molecule has 2 aliphatic heterocycles. The molecule has 0 bridgehead atoms. The van der Waals surface area contributed by atoms with Gasteiger partial charge in [0.05, 0.1) is 6.33 Å². The van der Waals surface area contributed by atoms with Gasteiger partial charge in [0, 0.05) is 32.7 Å². The topological polar surface area (TPSA) is 110 Å². The Morgan fingerprint density at radius 3 is 2.45 bits per heavy atom. The van der Waals surface area contributed by atoms with Crippen LogP contribution in [0.4, 0.5) is 5.82 Å². The summed E-state index contributed by atoms with van der Waals surface area (Å²) < 4.78 is 34.9. The summed E-state index contributed by atoms with van der Waals surface area (Å²) in [6, 6.07) is 0. The summed E-state index contributed by atoms with van der Waals surface area (Å²) in [5, 5.41) is 3.80. The van der Waals surface area contributed by atoms with E-state index < -0.39 is 10.0 Å². The van der Waals surface area contributed by atoms with E-state index in [1.54, 1.807) is 30.8 Å². The Hall–Kier alpha value is -2.53. The maximum Gasteiger partial charge on any atom is 0.248 e. The average Bonchev–Trinajstić information content (AvgIpc) is 3.43. The number of aryl methyl sites for hydroxylation is 3. The molecule has 0 saturated carbocycles. The summed E-state index contributed by atoms with van der Waals surface area (Å²) in [5.41, 5.74) is 2.04. The van der Waals surface area contributed by atoms with Crippen molar-refractivity contribution in [3.8, 4) is 0 Å². The third-order valence-corrected chi connectivity index (χ3v) is 8.12. The second-order valence-electron chi connectivity index (χ2n) is 7.80. The predicted molar refractivity (Wildman–Crippen MR) is 105 cm³/mol. The molecule has 154 valence electrons. The summed E-state index contributed by atoms with van der Waals surface area (Å²) in [6.07, 6.45) is 3.37. The van der Waals surface area contributed by atoms with Gasteiger partial charge in [0.15, 0.2) is 22.7 Å². The van der Waals surface area contributed by atoms with Gasteiger partial charge in [-0.3, -0.25) is 0 Å². The molecule has 29 heavy (non-hydrogen) atoms. The van der Waals surface area contributed by atoms with Crippen molar-refractivity contribution in [3.63, 3.8) is 0 Å². The first-order valence-electron chi connectivity index (χ1n) is 9.74. The number of anilines is 1. The number of sulfonamides is 1. The molecule has 3 aromatic heterocycles.